The van der Waals surface area contributed by atoms with E-state index in [9.17, 15) is 14.3 Å². The van der Waals surface area contributed by atoms with Crippen LogP contribution >= 0.6 is 11.8 Å². The molecule has 4 heteroatoms. The van der Waals surface area contributed by atoms with E-state index in [1.807, 2.05) is 6.92 Å². The second kappa shape index (κ2) is 5.45. The molecule has 0 aliphatic carbocycles. The quantitative estimate of drug-likeness (QED) is 0.900. The minimum atomic E-state index is -0.340. The molecule has 0 aromatic heterocycles. The maximum Gasteiger partial charge on any atom is 0.222 e. The molecular weight excluding hydrogens is 263 g/mol. The molecule has 0 amide bonds. The van der Waals surface area contributed by atoms with Crippen molar-refractivity contribution >= 4 is 16.9 Å². The summed E-state index contributed by atoms with van der Waals surface area (Å²) in [5, 5.41) is 9.43. The van der Waals surface area contributed by atoms with Crippen LogP contribution in [0.2, 0.25) is 0 Å². The molecule has 2 nitrogen and oxygen atoms in total. The third-order valence-electron chi connectivity index (χ3n) is 2.84. The SMILES string of the molecule is CSC(=O)c1cc(-c2ccc(C)cc2F)ccc1O. The number of hydrogen-bond acceptors (Lipinski definition) is 3. The molecule has 2 rings (SSSR count). The number of carbonyl (C=O) groups excluding carboxylic acids is 1. The fraction of sp³-hybridized carbons (Fsp3) is 0.133. The summed E-state index contributed by atoms with van der Waals surface area (Å²) < 4.78 is 13.9. The van der Waals surface area contributed by atoms with Crippen LogP contribution in [0.4, 0.5) is 4.39 Å². The Bertz CT molecular complexity index is 638. The van der Waals surface area contributed by atoms with Crippen LogP contribution in [-0.4, -0.2) is 16.5 Å². The molecule has 0 atom stereocenters. The highest BCUT2D eigenvalue weighted by atomic mass is 32.2. The molecule has 0 saturated carbocycles. The highest BCUT2D eigenvalue weighted by molar-refractivity contribution is 8.13. The third kappa shape index (κ3) is 2.79. The summed E-state index contributed by atoms with van der Waals surface area (Å²) in [5.74, 6) is -0.427. The molecule has 0 saturated heterocycles. The lowest BCUT2D eigenvalue weighted by Crippen LogP contribution is -1.94. The molecule has 2 aromatic rings. The van der Waals surface area contributed by atoms with Crippen LogP contribution in [0.1, 0.15) is 15.9 Å². The van der Waals surface area contributed by atoms with Gasteiger partial charge >= 0.3 is 0 Å². The van der Waals surface area contributed by atoms with Crippen molar-refractivity contribution in [1.29, 1.82) is 0 Å². The Balaban J connectivity index is 2.54. The molecule has 0 spiro atoms. The van der Waals surface area contributed by atoms with Crippen LogP contribution in [-0.2, 0) is 0 Å². The second-order valence-electron chi connectivity index (χ2n) is 4.21. The van der Waals surface area contributed by atoms with Crippen molar-refractivity contribution < 1.29 is 14.3 Å². The number of benzene rings is 2. The molecule has 0 fully saturated rings. The topological polar surface area (TPSA) is 37.3 Å². The van der Waals surface area contributed by atoms with E-state index in [0.717, 1.165) is 17.3 Å². The van der Waals surface area contributed by atoms with E-state index in [2.05, 4.69) is 0 Å². The highest BCUT2D eigenvalue weighted by Crippen LogP contribution is 2.29. The predicted molar refractivity (Wildman–Crippen MR) is 76.1 cm³/mol. The Hall–Kier alpha value is -1.81. The number of aromatic hydroxyl groups is 1. The average Bonchev–Trinajstić information content (AvgIpc) is 2.39. The Labute approximate surface area is 115 Å². The first kappa shape index (κ1) is 13.6. The van der Waals surface area contributed by atoms with E-state index in [1.165, 1.54) is 18.2 Å². The summed E-state index contributed by atoms with van der Waals surface area (Å²) in [6, 6.07) is 9.45. The minimum Gasteiger partial charge on any atom is -0.507 e. The van der Waals surface area contributed by atoms with Gasteiger partial charge in [-0.1, -0.05) is 30.0 Å². The lowest BCUT2D eigenvalue weighted by atomic mass is 10.0. The van der Waals surface area contributed by atoms with Crippen LogP contribution < -0.4 is 0 Å². The molecule has 0 aliphatic rings. The zero-order chi connectivity index (χ0) is 14.0. The van der Waals surface area contributed by atoms with Crippen LogP contribution in [0.5, 0.6) is 5.75 Å². The van der Waals surface area contributed by atoms with Gasteiger partial charge in [-0.05, 0) is 42.5 Å². The van der Waals surface area contributed by atoms with Gasteiger partial charge < -0.3 is 5.11 Å². The summed E-state index contributed by atoms with van der Waals surface area (Å²) in [6.07, 6.45) is 1.64. The molecular formula is C15H13FO2S. The first-order valence-electron chi connectivity index (χ1n) is 5.71. The Morgan fingerprint density at radius 2 is 1.95 bits per heavy atom. The Morgan fingerprint density at radius 1 is 1.21 bits per heavy atom. The van der Waals surface area contributed by atoms with E-state index in [-0.39, 0.29) is 22.2 Å². The molecule has 0 unspecified atom stereocenters. The highest BCUT2D eigenvalue weighted by Gasteiger charge is 2.13. The number of thioether (sulfide) groups is 1. The molecule has 1 N–H and O–H groups in total. The molecule has 0 aliphatic heterocycles. The van der Waals surface area contributed by atoms with Gasteiger partial charge in [-0.2, -0.15) is 0 Å². The number of aryl methyl sites for hydroxylation is 1. The maximum atomic E-state index is 13.9. The summed E-state index contributed by atoms with van der Waals surface area (Å²) in [6.45, 7) is 1.81. The maximum absolute atomic E-state index is 13.9. The standard InChI is InChI=1S/C15H13FO2S/c1-9-3-5-11(13(16)7-9)10-4-6-14(17)12(8-10)15(18)19-2/h3-8,17H,1-2H3. The van der Waals surface area contributed by atoms with Gasteiger partial charge in [0.1, 0.15) is 11.6 Å². The van der Waals surface area contributed by atoms with Crippen LogP contribution in [0.15, 0.2) is 36.4 Å². The molecule has 0 heterocycles. The number of phenolic OH excluding ortho intramolecular Hbond substituents is 1. The Morgan fingerprint density at radius 3 is 2.58 bits per heavy atom. The summed E-state index contributed by atoms with van der Waals surface area (Å²) in [5.41, 5.74) is 2.03. The van der Waals surface area contributed by atoms with E-state index in [0.29, 0.717) is 11.1 Å². The van der Waals surface area contributed by atoms with E-state index in [1.54, 1.807) is 24.5 Å². The molecule has 19 heavy (non-hydrogen) atoms. The van der Waals surface area contributed by atoms with Crippen molar-refractivity contribution in [3.05, 3.63) is 53.3 Å². The zero-order valence-electron chi connectivity index (χ0n) is 10.6. The van der Waals surface area contributed by atoms with E-state index in [4.69, 9.17) is 0 Å². The first-order chi connectivity index (χ1) is 9.02. The average molecular weight is 276 g/mol. The lowest BCUT2D eigenvalue weighted by molar-refractivity contribution is 0.108. The molecule has 0 radical (unpaired) electrons. The predicted octanol–water partition coefficient (Wildman–Crippen LogP) is 4.01. The number of rotatable bonds is 2. The number of phenols is 1. The summed E-state index contributed by atoms with van der Waals surface area (Å²) >= 11 is 1.01. The number of hydrogen-bond donors (Lipinski definition) is 1. The number of carbonyl (C=O) groups is 1. The molecule has 2 aromatic carbocycles. The normalized spacial score (nSPS) is 10.5. The van der Waals surface area contributed by atoms with Crippen LogP contribution in [0.3, 0.4) is 0 Å². The van der Waals surface area contributed by atoms with Gasteiger partial charge in [-0.25, -0.2) is 4.39 Å². The van der Waals surface area contributed by atoms with Crippen molar-refractivity contribution in [2.45, 2.75) is 6.92 Å². The van der Waals surface area contributed by atoms with Crippen molar-refractivity contribution in [1.82, 2.24) is 0 Å². The van der Waals surface area contributed by atoms with Crippen LogP contribution in [0, 0.1) is 12.7 Å². The van der Waals surface area contributed by atoms with Gasteiger partial charge in [0.2, 0.25) is 5.12 Å². The van der Waals surface area contributed by atoms with E-state index >= 15 is 0 Å². The second-order valence-corrected chi connectivity index (χ2v) is 4.99. The minimum absolute atomic E-state index is 0.0874. The van der Waals surface area contributed by atoms with Gasteiger partial charge in [0, 0.05) is 5.56 Å². The summed E-state index contributed by atoms with van der Waals surface area (Å²) in [7, 11) is 0. The van der Waals surface area contributed by atoms with Crippen molar-refractivity contribution in [2.75, 3.05) is 6.26 Å². The fourth-order valence-corrected chi connectivity index (χ4v) is 2.21. The van der Waals surface area contributed by atoms with Crippen molar-refractivity contribution in [3.8, 4) is 16.9 Å². The van der Waals surface area contributed by atoms with Gasteiger partial charge in [0.25, 0.3) is 0 Å². The van der Waals surface area contributed by atoms with E-state index < -0.39 is 0 Å². The zero-order valence-corrected chi connectivity index (χ0v) is 11.4. The van der Waals surface area contributed by atoms with Gasteiger partial charge in [0.05, 0.1) is 5.56 Å². The molecule has 98 valence electrons. The first-order valence-corrected chi connectivity index (χ1v) is 6.93. The van der Waals surface area contributed by atoms with Gasteiger partial charge in [-0.15, -0.1) is 0 Å². The number of halogens is 1. The largest absolute Gasteiger partial charge is 0.507 e. The van der Waals surface area contributed by atoms with Crippen molar-refractivity contribution in [3.63, 3.8) is 0 Å². The van der Waals surface area contributed by atoms with Crippen molar-refractivity contribution in [2.24, 2.45) is 0 Å². The lowest BCUT2D eigenvalue weighted by Gasteiger charge is -2.08. The van der Waals surface area contributed by atoms with Crippen LogP contribution in [0.25, 0.3) is 11.1 Å². The Kier molecular flexibility index (Phi) is 3.90. The van der Waals surface area contributed by atoms with Gasteiger partial charge in [-0.3, -0.25) is 4.79 Å². The molecule has 0 bridgehead atoms. The monoisotopic (exact) mass is 276 g/mol. The summed E-state index contributed by atoms with van der Waals surface area (Å²) in [4.78, 5) is 11.7. The third-order valence-corrected chi connectivity index (χ3v) is 3.43. The van der Waals surface area contributed by atoms with Gasteiger partial charge in [0.15, 0.2) is 0 Å². The fourth-order valence-electron chi connectivity index (χ4n) is 1.83. The smallest absolute Gasteiger partial charge is 0.222 e.